The Bertz CT molecular complexity index is 1190. The van der Waals surface area contributed by atoms with Gasteiger partial charge in [0, 0.05) is 36.5 Å². The predicted octanol–water partition coefficient (Wildman–Crippen LogP) is 4.64. The minimum Gasteiger partial charge on any atom is -0.508 e. The van der Waals surface area contributed by atoms with E-state index in [9.17, 15) is 5.11 Å². The number of nitrogens with zero attached hydrogens (tertiary/aromatic N) is 2. The van der Waals surface area contributed by atoms with Crippen molar-refractivity contribution in [3.8, 4) is 0 Å². The van der Waals surface area contributed by atoms with E-state index < -0.39 is 0 Å². The molecule has 1 N–H and O–H groups in total. The van der Waals surface area contributed by atoms with Crippen molar-refractivity contribution in [1.29, 1.82) is 0 Å². The molecular formula is C30H40N2O2. The number of piperazine rings is 1. The molecule has 0 spiro atoms. The van der Waals surface area contributed by atoms with Crippen LogP contribution in [0.5, 0.6) is 0 Å². The second-order valence-electron chi connectivity index (χ2n) is 11.1. The lowest BCUT2D eigenvalue weighted by Gasteiger charge is -2.50. The molecule has 1 aromatic rings. The molecule has 4 rings (SSSR count). The molecule has 1 atom stereocenters. The molecule has 3 aliphatic heterocycles. The van der Waals surface area contributed by atoms with Crippen LogP contribution in [0.4, 0.5) is 0 Å². The number of likely N-dealkylation sites (N-methyl/N-ethyl adjacent to an activating group) is 1. The summed E-state index contributed by atoms with van der Waals surface area (Å²) in [6.45, 7) is 22.0. The van der Waals surface area contributed by atoms with Crippen LogP contribution in [0.15, 0.2) is 66.2 Å². The van der Waals surface area contributed by atoms with Crippen LogP contribution < -0.4 is 10.4 Å². The van der Waals surface area contributed by atoms with Crippen molar-refractivity contribution < 1.29 is 9.84 Å². The zero-order chi connectivity index (χ0) is 24.8. The predicted molar refractivity (Wildman–Crippen MR) is 141 cm³/mol. The van der Waals surface area contributed by atoms with Crippen LogP contribution in [-0.4, -0.2) is 47.8 Å². The molecule has 2 saturated heterocycles. The Morgan fingerprint density at radius 1 is 1.24 bits per heavy atom. The normalized spacial score (nSPS) is 23.7. The summed E-state index contributed by atoms with van der Waals surface area (Å²) in [5, 5.41) is 12.9. The van der Waals surface area contributed by atoms with E-state index in [1.54, 1.807) is 0 Å². The van der Waals surface area contributed by atoms with Gasteiger partial charge in [0.25, 0.3) is 0 Å². The molecule has 1 aromatic carbocycles. The zero-order valence-corrected chi connectivity index (χ0v) is 21.7. The van der Waals surface area contributed by atoms with Gasteiger partial charge >= 0.3 is 0 Å². The molecule has 3 aliphatic rings. The van der Waals surface area contributed by atoms with Crippen LogP contribution in [0.25, 0.3) is 11.3 Å². The summed E-state index contributed by atoms with van der Waals surface area (Å²) in [5.41, 5.74) is 6.71. The van der Waals surface area contributed by atoms with Crippen LogP contribution in [0, 0.1) is 11.3 Å². The third kappa shape index (κ3) is 4.36. The van der Waals surface area contributed by atoms with Gasteiger partial charge in [-0.25, -0.2) is 0 Å². The molecule has 4 heteroatoms. The highest BCUT2D eigenvalue weighted by Gasteiger charge is 2.40. The Kier molecular flexibility index (Phi) is 6.56. The van der Waals surface area contributed by atoms with Crippen molar-refractivity contribution in [3.63, 3.8) is 0 Å². The first kappa shape index (κ1) is 24.4. The Morgan fingerprint density at radius 2 is 1.94 bits per heavy atom. The summed E-state index contributed by atoms with van der Waals surface area (Å²) in [5.74, 6) is 0.665. The van der Waals surface area contributed by atoms with E-state index in [2.05, 4.69) is 95.1 Å². The molecule has 0 radical (unpaired) electrons. The van der Waals surface area contributed by atoms with Crippen LogP contribution in [0.2, 0.25) is 0 Å². The van der Waals surface area contributed by atoms with Gasteiger partial charge in [-0.1, -0.05) is 64.6 Å². The summed E-state index contributed by atoms with van der Waals surface area (Å²) < 4.78 is 5.47. The Morgan fingerprint density at radius 3 is 2.50 bits per heavy atom. The Balaban J connectivity index is 2.00. The number of ether oxygens (including phenoxy) is 1. The minimum atomic E-state index is 0.0380. The van der Waals surface area contributed by atoms with Crippen molar-refractivity contribution in [1.82, 2.24) is 9.80 Å². The van der Waals surface area contributed by atoms with Crippen molar-refractivity contribution in [2.45, 2.75) is 53.5 Å². The van der Waals surface area contributed by atoms with Crippen LogP contribution in [0.1, 0.15) is 46.6 Å². The van der Waals surface area contributed by atoms with Crippen LogP contribution >= 0.6 is 0 Å². The maximum atomic E-state index is 10.2. The first-order chi connectivity index (χ1) is 16.0. The van der Waals surface area contributed by atoms with Gasteiger partial charge in [-0.2, -0.15) is 0 Å². The molecule has 2 fully saturated rings. The highest BCUT2D eigenvalue weighted by Crippen LogP contribution is 2.40. The number of fused-ring (bicyclic) bond motifs is 1. The highest BCUT2D eigenvalue weighted by molar-refractivity contribution is 5.70. The lowest BCUT2D eigenvalue weighted by Crippen LogP contribution is -2.55. The molecule has 0 saturated carbocycles. The first-order valence-electron chi connectivity index (χ1n) is 12.4. The SMILES string of the molecule is C=C(O)C1=CN2C(=CC1=C)/C(=c1\cccc(CC3COC3)c1=C(C)CC)N(C)CC2C(C)(C)C. The fraction of sp³-hybridized carbons (Fsp3) is 0.467. The molecule has 182 valence electrons. The Labute approximate surface area is 204 Å². The lowest BCUT2D eigenvalue weighted by atomic mass is 9.81. The molecule has 0 aromatic heterocycles. The molecular weight excluding hydrogens is 420 g/mol. The van der Waals surface area contributed by atoms with E-state index in [-0.39, 0.29) is 17.2 Å². The molecule has 0 bridgehead atoms. The fourth-order valence-electron chi connectivity index (χ4n) is 5.35. The summed E-state index contributed by atoms with van der Waals surface area (Å²) in [7, 11) is 2.21. The van der Waals surface area contributed by atoms with Gasteiger partial charge in [0.15, 0.2) is 0 Å². The topological polar surface area (TPSA) is 35.9 Å². The molecule has 0 amide bonds. The maximum Gasteiger partial charge on any atom is 0.117 e. The summed E-state index contributed by atoms with van der Waals surface area (Å²) in [4.78, 5) is 4.76. The number of hydrogen-bond donors (Lipinski definition) is 1. The lowest BCUT2D eigenvalue weighted by molar-refractivity contribution is -0.0313. The van der Waals surface area contributed by atoms with E-state index in [0.717, 1.165) is 43.9 Å². The van der Waals surface area contributed by atoms with Crippen molar-refractivity contribution >= 4 is 11.3 Å². The second-order valence-corrected chi connectivity index (χ2v) is 11.1. The molecule has 1 unspecified atom stereocenters. The van der Waals surface area contributed by atoms with E-state index in [1.807, 2.05) is 0 Å². The fourth-order valence-corrected chi connectivity index (χ4v) is 5.35. The number of benzene rings is 1. The van der Waals surface area contributed by atoms with Crippen molar-refractivity contribution in [2.24, 2.45) is 11.3 Å². The van der Waals surface area contributed by atoms with Crippen LogP contribution in [0.3, 0.4) is 0 Å². The molecule has 3 heterocycles. The van der Waals surface area contributed by atoms with Gasteiger partial charge in [-0.05, 0) is 47.6 Å². The highest BCUT2D eigenvalue weighted by atomic mass is 16.5. The average Bonchev–Trinajstić information content (AvgIpc) is 2.73. The van der Waals surface area contributed by atoms with Gasteiger partial charge < -0.3 is 19.6 Å². The number of aliphatic hydroxyl groups is 1. The number of rotatable bonds is 4. The first-order valence-corrected chi connectivity index (χ1v) is 12.4. The van der Waals surface area contributed by atoms with E-state index in [1.165, 1.54) is 27.3 Å². The smallest absolute Gasteiger partial charge is 0.117 e. The zero-order valence-electron chi connectivity index (χ0n) is 21.7. The molecule has 0 aliphatic carbocycles. The van der Waals surface area contributed by atoms with Crippen LogP contribution in [-0.2, 0) is 11.2 Å². The monoisotopic (exact) mass is 460 g/mol. The second kappa shape index (κ2) is 9.14. The van der Waals surface area contributed by atoms with Gasteiger partial charge in [-0.15, -0.1) is 0 Å². The number of hydrogen-bond acceptors (Lipinski definition) is 4. The third-order valence-electron chi connectivity index (χ3n) is 7.50. The minimum absolute atomic E-state index is 0.0380. The summed E-state index contributed by atoms with van der Waals surface area (Å²) in [6, 6.07) is 7.00. The average molecular weight is 461 g/mol. The Hall–Kier alpha value is -2.72. The van der Waals surface area contributed by atoms with E-state index in [0.29, 0.717) is 11.5 Å². The van der Waals surface area contributed by atoms with Crippen molar-refractivity contribution in [2.75, 3.05) is 26.8 Å². The van der Waals surface area contributed by atoms with Gasteiger partial charge in [0.05, 0.1) is 30.6 Å². The van der Waals surface area contributed by atoms with Gasteiger partial charge in [0.2, 0.25) is 0 Å². The van der Waals surface area contributed by atoms with Crippen molar-refractivity contribution in [3.05, 3.63) is 82.2 Å². The van der Waals surface area contributed by atoms with Gasteiger partial charge in [-0.3, -0.25) is 0 Å². The largest absolute Gasteiger partial charge is 0.508 e. The summed E-state index contributed by atoms with van der Waals surface area (Å²) >= 11 is 0. The molecule has 4 nitrogen and oxygen atoms in total. The quantitative estimate of drug-likeness (QED) is 0.665. The molecule has 34 heavy (non-hydrogen) atoms. The third-order valence-corrected chi connectivity index (χ3v) is 7.50. The van der Waals surface area contributed by atoms with E-state index >= 15 is 0 Å². The standard InChI is InChI=1S/C30H40N2O2/c1-9-19(2)28-23(14-22-17-34-18-22)11-10-12-24(28)29-26-13-20(3)25(21(4)33)15-32(26)27(16-31(29)8)30(5,6)7/h10-13,15,22,27,33H,3-4,9,14,16-18H2,1-2,5-8H3/b28-19?,29-24-. The van der Waals surface area contributed by atoms with Gasteiger partial charge in [0.1, 0.15) is 5.76 Å². The summed E-state index contributed by atoms with van der Waals surface area (Å²) in [6.07, 6.45) is 6.23. The maximum absolute atomic E-state index is 10.2. The number of allylic oxidation sites excluding steroid dienone is 2. The van der Waals surface area contributed by atoms with E-state index in [4.69, 9.17) is 4.74 Å². The number of aliphatic hydroxyl groups excluding tert-OH is 1.